The van der Waals surface area contributed by atoms with Gasteiger partial charge in [-0.25, -0.2) is 0 Å². The molecule has 1 aromatic heterocycles. The Bertz CT molecular complexity index is 1680. The molecule has 0 saturated carbocycles. The molecule has 0 amide bonds. The molecular formula is C28H15ClIS-. The average Bonchev–Trinajstić information content (AvgIpc) is 3.37. The third kappa shape index (κ3) is 2.72. The number of hydrogen-bond donors (Lipinski definition) is 0. The van der Waals surface area contributed by atoms with Crippen molar-refractivity contribution in [2.24, 2.45) is 0 Å². The first-order chi connectivity index (χ1) is 15.3. The Balaban J connectivity index is 1.44. The third-order valence-corrected chi connectivity index (χ3v) is 10.6. The van der Waals surface area contributed by atoms with E-state index >= 15 is 0 Å². The van der Waals surface area contributed by atoms with Crippen molar-refractivity contribution in [1.29, 1.82) is 0 Å². The molecular weight excluding hydrogens is 531 g/mol. The van der Waals surface area contributed by atoms with Gasteiger partial charge < -0.3 is 0 Å². The summed E-state index contributed by atoms with van der Waals surface area (Å²) in [6, 6.07) is 33.4. The fourth-order valence-electron chi connectivity index (χ4n) is 4.61. The molecule has 31 heavy (non-hydrogen) atoms. The second-order valence-corrected chi connectivity index (χ2v) is 12.2. The molecule has 148 valence electrons. The molecule has 7 rings (SSSR count). The van der Waals surface area contributed by atoms with Gasteiger partial charge in [0.1, 0.15) is 0 Å². The molecule has 0 spiro atoms. The Kier molecular flexibility index (Phi) is 3.99. The van der Waals surface area contributed by atoms with Crippen molar-refractivity contribution in [1.82, 2.24) is 0 Å². The van der Waals surface area contributed by atoms with Gasteiger partial charge in [-0.05, 0) is 0 Å². The molecule has 0 saturated heterocycles. The Labute approximate surface area is 199 Å². The molecule has 1 aliphatic heterocycles. The predicted octanol–water partition coefficient (Wildman–Crippen LogP) is 5.64. The topological polar surface area (TPSA) is 0 Å². The SMILES string of the molecule is Clc1cc2ccccc2c2sc3cc(-c4ccc5c(c4)-c4ccccc4[I-]5)ccc3c12. The summed E-state index contributed by atoms with van der Waals surface area (Å²) in [6.45, 7) is 0. The fraction of sp³-hybridized carbons (Fsp3) is 0. The number of fused-ring (bicyclic) bond motifs is 8. The maximum absolute atomic E-state index is 6.73. The Morgan fingerprint density at radius 1 is 0.645 bits per heavy atom. The fourth-order valence-corrected chi connectivity index (χ4v) is 9.15. The minimum atomic E-state index is -0.0569. The molecule has 1 aliphatic rings. The zero-order valence-electron chi connectivity index (χ0n) is 16.3. The minimum absolute atomic E-state index is 0.0569. The van der Waals surface area contributed by atoms with Crippen LogP contribution in [-0.2, 0) is 0 Å². The number of thiophene rings is 1. The van der Waals surface area contributed by atoms with Gasteiger partial charge in [-0.15, -0.1) is 0 Å². The monoisotopic (exact) mass is 545 g/mol. The summed E-state index contributed by atoms with van der Waals surface area (Å²) in [7, 11) is 0. The molecule has 0 unspecified atom stereocenters. The van der Waals surface area contributed by atoms with Crippen LogP contribution in [0.15, 0.2) is 91.0 Å². The van der Waals surface area contributed by atoms with Crippen molar-refractivity contribution in [3.05, 3.63) is 103 Å². The summed E-state index contributed by atoms with van der Waals surface area (Å²) >= 11 is 8.53. The van der Waals surface area contributed by atoms with E-state index in [0.29, 0.717) is 0 Å². The van der Waals surface area contributed by atoms with E-state index < -0.39 is 0 Å². The summed E-state index contributed by atoms with van der Waals surface area (Å²) < 4.78 is 5.64. The van der Waals surface area contributed by atoms with Crippen LogP contribution in [0.3, 0.4) is 0 Å². The first-order valence-corrected chi connectivity index (χ1v) is 13.5. The van der Waals surface area contributed by atoms with E-state index in [1.165, 1.54) is 60.3 Å². The molecule has 6 aromatic rings. The van der Waals surface area contributed by atoms with Gasteiger partial charge >= 0.3 is 194 Å². The quantitative estimate of drug-likeness (QED) is 0.234. The molecule has 0 N–H and O–H groups in total. The van der Waals surface area contributed by atoms with Crippen LogP contribution in [0.4, 0.5) is 0 Å². The van der Waals surface area contributed by atoms with Gasteiger partial charge in [0, 0.05) is 0 Å². The van der Waals surface area contributed by atoms with E-state index in [1.807, 2.05) is 11.3 Å². The van der Waals surface area contributed by atoms with Crippen molar-refractivity contribution in [2.45, 2.75) is 0 Å². The summed E-state index contributed by atoms with van der Waals surface area (Å²) in [5, 5.41) is 5.75. The molecule has 0 nitrogen and oxygen atoms in total. The number of halogens is 2. The summed E-state index contributed by atoms with van der Waals surface area (Å²) in [5.41, 5.74) is 5.40. The number of benzene rings is 5. The van der Waals surface area contributed by atoms with Gasteiger partial charge in [0.25, 0.3) is 0 Å². The number of hydrogen-bond acceptors (Lipinski definition) is 1. The van der Waals surface area contributed by atoms with Crippen molar-refractivity contribution in [3.63, 3.8) is 0 Å². The third-order valence-electron chi connectivity index (χ3n) is 6.08. The van der Waals surface area contributed by atoms with Crippen LogP contribution >= 0.6 is 22.9 Å². The Morgan fingerprint density at radius 2 is 1.42 bits per heavy atom. The second-order valence-electron chi connectivity index (χ2n) is 7.87. The van der Waals surface area contributed by atoms with Crippen molar-refractivity contribution < 1.29 is 21.2 Å². The van der Waals surface area contributed by atoms with Gasteiger partial charge in [-0.3, -0.25) is 0 Å². The Morgan fingerprint density at radius 3 is 2.39 bits per heavy atom. The molecule has 0 atom stereocenters. The zero-order valence-corrected chi connectivity index (χ0v) is 20.1. The average molecular weight is 546 g/mol. The molecule has 0 fully saturated rings. The van der Waals surface area contributed by atoms with Gasteiger partial charge in [0.15, 0.2) is 0 Å². The Hall–Kier alpha value is -2.40. The van der Waals surface area contributed by atoms with E-state index in [9.17, 15) is 0 Å². The van der Waals surface area contributed by atoms with Crippen molar-refractivity contribution in [3.8, 4) is 22.3 Å². The van der Waals surface area contributed by atoms with Crippen molar-refractivity contribution in [2.75, 3.05) is 0 Å². The first kappa shape index (κ1) is 18.2. The van der Waals surface area contributed by atoms with Crippen molar-refractivity contribution >= 4 is 53.9 Å². The van der Waals surface area contributed by atoms with Crippen LogP contribution in [0.1, 0.15) is 0 Å². The van der Waals surface area contributed by atoms with Crippen LogP contribution < -0.4 is 21.2 Å². The van der Waals surface area contributed by atoms with Gasteiger partial charge in [-0.1, -0.05) is 6.07 Å². The van der Waals surface area contributed by atoms with Crippen LogP contribution in [0.2, 0.25) is 5.02 Å². The molecule has 0 bridgehead atoms. The summed E-state index contributed by atoms with van der Waals surface area (Å²) in [5.74, 6) is 0. The van der Waals surface area contributed by atoms with Gasteiger partial charge in [0.2, 0.25) is 0 Å². The van der Waals surface area contributed by atoms with Gasteiger partial charge in [0.05, 0.1) is 0 Å². The molecule has 5 aromatic carbocycles. The van der Waals surface area contributed by atoms with E-state index in [0.717, 1.165) is 5.02 Å². The van der Waals surface area contributed by atoms with Crippen LogP contribution in [0, 0.1) is 7.14 Å². The number of rotatable bonds is 1. The summed E-state index contributed by atoms with van der Waals surface area (Å²) in [4.78, 5) is 0. The van der Waals surface area contributed by atoms with Crippen LogP contribution in [0.25, 0.3) is 53.2 Å². The molecule has 0 radical (unpaired) electrons. The standard InChI is InChI=1S/C28H15ClIS/c29-23-14-18-5-1-2-6-19(18)28-27(23)21-11-9-17(15-26(21)31-28)16-10-12-25-22(13-16)20-7-3-4-8-24(20)30-25/h1-15H/q-1. The maximum atomic E-state index is 6.73. The normalized spacial score (nSPS) is 12.8. The summed E-state index contributed by atoms with van der Waals surface area (Å²) in [6.07, 6.45) is 0. The predicted molar refractivity (Wildman–Crippen MR) is 130 cm³/mol. The van der Waals surface area contributed by atoms with E-state index in [1.54, 1.807) is 0 Å². The van der Waals surface area contributed by atoms with E-state index in [2.05, 4.69) is 91.0 Å². The first-order valence-electron chi connectivity index (χ1n) is 10.2. The second kappa shape index (κ2) is 6.80. The van der Waals surface area contributed by atoms with Gasteiger partial charge in [-0.2, -0.15) is 0 Å². The molecule has 2 heterocycles. The van der Waals surface area contributed by atoms with E-state index in [4.69, 9.17) is 11.6 Å². The van der Waals surface area contributed by atoms with E-state index in [-0.39, 0.29) is 21.2 Å². The molecule has 0 aliphatic carbocycles. The zero-order chi connectivity index (χ0) is 20.5. The van der Waals surface area contributed by atoms with Crippen LogP contribution in [-0.4, -0.2) is 0 Å². The molecule has 3 heteroatoms. The van der Waals surface area contributed by atoms with Crippen LogP contribution in [0.5, 0.6) is 0 Å².